The average molecular weight is 464 g/mol. The molecule has 0 saturated carbocycles. The topological polar surface area (TPSA) is 95.6 Å². The van der Waals surface area contributed by atoms with Gasteiger partial charge in [-0.15, -0.1) is 0 Å². The van der Waals surface area contributed by atoms with E-state index in [9.17, 15) is 18.0 Å². The summed E-state index contributed by atoms with van der Waals surface area (Å²) in [4.78, 5) is 25.4. The highest BCUT2D eigenvalue weighted by Crippen LogP contribution is 2.26. The average Bonchev–Trinajstić information content (AvgIpc) is 2.78. The Morgan fingerprint density at radius 2 is 1.71 bits per heavy atom. The number of hydrogen-bond donors (Lipinski definition) is 2. The van der Waals surface area contributed by atoms with Crippen molar-refractivity contribution in [3.63, 3.8) is 0 Å². The van der Waals surface area contributed by atoms with E-state index in [1.807, 2.05) is 6.92 Å². The van der Waals surface area contributed by atoms with E-state index in [1.54, 1.807) is 24.3 Å². The van der Waals surface area contributed by atoms with Crippen LogP contribution in [-0.4, -0.2) is 44.2 Å². The molecule has 2 amide bonds. The maximum Gasteiger partial charge on any atom is 0.257 e. The molecule has 166 valence electrons. The first-order valence-corrected chi connectivity index (χ1v) is 12.1. The van der Waals surface area contributed by atoms with Crippen LogP contribution in [-0.2, 0) is 10.0 Å². The summed E-state index contributed by atoms with van der Waals surface area (Å²) >= 11 is 6.22. The molecule has 31 heavy (non-hydrogen) atoms. The zero-order valence-corrected chi connectivity index (χ0v) is 18.9. The van der Waals surface area contributed by atoms with Gasteiger partial charge >= 0.3 is 0 Å². The molecule has 1 saturated heterocycles. The summed E-state index contributed by atoms with van der Waals surface area (Å²) in [5.41, 5.74) is 0.669. The molecular formula is C22H26ClN3O4S. The molecule has 2 aromatic rings. The molecule has 0 aliphatic carbocycles. The summed E-state index contributed by atoms with van der Waals surface area (Å²) in [7, 11) is -3.71. The molecule has 2 aromatic carbocycles. The lowest BCUT2D eigenvalue weighted by atomic mass is 10.1. The summed E-state index contributed by atoms with van der Waals surface area (Å²) in [5.74, 6) is -0.887. The van der Waals surface area contributed by atoms with E-state index in [4.69, 9.17) is 11.6 Å². The highest BCUT2D eigenvalue weighted by molar-refractivity contribution is 7.89. The second kappa shape index (κ2) is 10.3. The number of sulfonamides is 1. The van der Waals surface area contributed by atoms with Crippen LogP contribution < -0.4 is 10.6 Å². The van der Waals surface area contributed by atoms with Crippen LogP contribution in [0.25, 0.3) is 0 Å². The number of para-hydroxylation sites is 1. The number of hydrogen-bond acceptors (Lipinski definition) is 4. The number of anilines is 1. The van der Waals surface area contributed by atoms with Crippen LogP contribution in [0.4, 0.5) is 5.69 Å². The minimum absolute atomic E-state index is 0.0259. The standard InChI is InChI=1S/C22H26ClN3O4S/c1-2-12-24-21(27)17-8-4-5-9-20(17)25-22(28)18-15-16(10-11-19(18)23)31(29,30)26-13-6-3-7-14-26/h4-5,8-11,15H,2-3,6-7,12-14H2,1H3,(H,24,27)(H,25,28). The van der Waals surface area contributed by atoms with Crippen LogP contribution in [0, 0.1) is 0 Å². The fourth-order valence-electron chi connectivity index (χ4n) is 3.41. The van der Waals surface area contributed by atoms with Crippen molar-refractivity contribution >= 4 is 39.1 Å². The smallest absolute Gasteiger partial charge is 0.257 e. The number of carbonyl (C=O) groups excluding carboxylic acids is 2. The van der Waals surface area contributed by atoms with Crippen LogP contribution in [0.2, 0.25) is 5.02 Å². The van der Waals surface area contributed by atoms with Crippen molar-refractivity contribution in [2.45, 2.75) is 37.5 Å². The third-order valence-electron chi connectivity index (χ3n) is 5.09. The number of amides is 2. The monoisotopic (exact) mass is 463 g/mol. The Morgan fingerprint density at radius 3 is 2.42 bits per heavy atom. The summed E-state index contributed by atoms with van der Waals surface area (Å²) in [6, 6.07) is 10.7. The molecular weight excluding hydrogens is 438 g/mol. The first-order chi connectivity index (χ1) is 14.8. The molecule has 0 unspecified atom stereocenters. The first-order valence-electron chi connectivity index (χ1n) is 10.3. The molecule has 1 aliphatic heterocycles. The maximum absolute atomic E-state index is 13.0. The van der Waals surface area contributed by atoms with Crippen molar-refractivity contribution < 1.29 is 18.0 Å². The zero-order chi connectivity index (χ0) is 22.4. The number of nitrogens with zero attached hydrogens (tertiary/aromatic N) is 1. The number of carbonyl (C=O) groups is 2. The minimum atomic E-state index is -3.71. The lowest BCUT2D eigenvalue weighted by Gasteiger charge is -2.26. The Kier molecular flexibility index (Phi) is 7.69. The Labute approximate surface area is 187 Å². The van der Waals surface area contributed by atoms with Gasteiger partial charge in [-0.1, -0.05) is 37.1 Å². The highest BCUT2D eigenvalue weighted by atomic mass is 35.5. The van der Waals surface area contributed by atoms with Gasteiger partial charge in [0.25, 0.3) is 11.8 Å². The molecule has 1 heterocycles. The van der Waals surface area contributed by atoms with Gasteiger partial charge in [0.2, 0.25) is 10.0 Å². The fourth-order valence-corrected chi connectivity index (χ4v) is 5.15. The zero-order valence-electron chi connectivity index (χ0n) is 17.4. The van der Waals surface area contributed by atoms with Crippen LogP contribution >= 0.6 is 11.6 Å². The third kappa shape index (κ3) is 5.44. The number of nitrogens with one attached hydrogen (secondary N) is 2. The van der Waals surface area contributed by atoms with Gasteiger partial charge < -0.3 is 10.6 Å². The largest absolute Gasteiger partial charge is 0.352 e. The lowest BCUT2D eigenvalue weighted by Crippen LogP contribution is -2.35. The van der Waals surface area contributed by atoms with Crippen molar-refractivity contribution in [3.05, 3.63) is 58.6 Å². The van der Waals surface area contributed by atoms with Crippen molar-refractivity contribution in [1.82, 2.24) is 9.62 Å². The van der Waals surface area contributed by atoms with E-state index >= 15 is 0 Å². The molecule has 7 nitrogen and oxygen atoms in total. The van der Waals surface area contributed by atoms with Crippen molar-refractivity contribution in [1.29, 1.82) is 0 Å². The molecule has 0 atom stereocenters. The van der Waals surface area contributed by atoms with Gasteiger partial charge in [0, 0.05) is 19.6 Å². The Balaban J connectivity index is 1.86. The van der Waals surface area contributed by atoms with Crippen LogP contribution in [0.1, 0.15) is 53.3 Å². The highest BCUT2D eigenvalue weighted by Gasteiger charge is 2.27. The molecule has 2 N–H and O–H groups in total. The molecule has 0 spiro atoms. The van der Waals surface area contributed by atoms with Gasteiger partial charge in [-0.2, -0.15) is 4.31 Å². The number of rotatable bonds is 7. The lowest BCUT2D eigenvalue weighted by molar-refractivity contribution is 0.0954. The number of halogens is 1. The second-order valence-electron chi connectivity index (χ2n) is 7.36. The number of piperidine rings is 1. The van der Waals surface area contributed by atoms with E-state index in [2.05, 4.69) is 10.6 Å². The van der Waals surface area contributed by atoms with E-state index in [1.165, 1.54) is 22.5 Å². The van der Waals surface area contributed by atoms with Gasteiger partial charge in [-0.25, -0.2) is 8.42 Å². The van der Waals surface area contributed by atoms with Crippen LogP contribution in [0.3, 0.4) is 0 Å². The minimum Gasteiger partial charge on any atom is -0.352 e. The summed E-state index contributed by atoms with van der Waals surface area (Å²) in [5, 5.41) is 5.60. The summed E-state index contributed by atoms with van der Waals surface area (Å²) in [6.07, 6.45) is 3.42. The fraction of sp³-hybridized carbons (Fsp3) is 0.364. The predicted molar refractivity (Wildman–Crippen MR) is 121 cm³/mol. The SMILES string of the molecule is CCCNC(=O)c1ccccc1NC(=O)c1cc(S(=O)(=O)N2CCCCC2)ccc1Cl. The van der Waals surface area contributed by atoms with E-state index in [0.717, 1.165) is 25.7 Å². The van der Waals surface area contributed by atoms with Crippen molar-refractivity contribution in [3.8, 4) is 0 Å². The molecule has 0 bridgehead atoms. The maximum atomic E-state index is 13.0. The first kappa shape index (κ1) is 23.2. The molecule has 1 aliphatic rings. The summed E-state index contributed by atoms with van der Waals surface area (Å²) < 4.78 is 27.4. The van der Waals surface area contributed by atoms with E-state index < -0.39 is 15.9 Å². The van der Waals surface area contributed by atoms with Crippen LogP contribution in [0.5, 0.6) is 0 Å². The molecule has 1 fully saturated rings. The molecule has 3 rings (SSSR count). The quantitative estimate of drug-likeness (QED) is 0.650. The molecule has 0 aromatic heterocycles. The third-order valence-corrected chi connectivity index (χ3v) is 7.31. The van der Waals surface area contributed by atoms with Crippen molar-refractivity contribution in [2.24, 2.45) is 0 Å². The Bertz CT molecular complexity index is 1070. The predicted octanol–water partition coefficient (Wildman–Crippen LogP) is 3.91. The van der Waals surface area contributed by atoms with E-state index in [-0.39, 0.29) is 21.4 Å². The van der Waals surface area contributed by atoms with Gasteiger partial charge in [0.05, 0.1) is 26.7 Å². The van der Waals surface area contributed by atoms with Gasteiger partial charge in [0.15, 0.2) is 0 Å². The molecule has 0 radical (unpaired) electrons. The molecule has 9 heteroatoms. The second-order valence-corrected chi connectivity index (χ2v) is 9.71. The van der Waals surface area contributed by atoms with Gasteiger partial charge in [-0.3, -0.25) is 9.59 Å². The van der Waals surface area contributed by atoms with Crippen LogP contribution in [0.15, 0.2) is 47.4 Å². The van der Waals surface area contributed by atoms with Crippen molar-refractivity contribution in [2.75, 3.05) is 25.0 Å². The van der Waals surface area contributed by atoms with Gasteiger partial charge in [-0.05, 0) is 49.6 Å². The number of benzene rings is 2. The normalized spacial score (nSPS) is 14.8. The Morgan fingerprint density at radius 1 is 1.00 bits per heavy atom. The summed E-state index contributed by atoms with van der Waals surface area (Å²) in [6.45, 7) is 3.39. The Hall–Kier alpha value is -2.42. The van der Waals surface area contributed by atoms with Gasteiger partial charge in [0.1, 0.15) is 0 Å². The van der Waals surface area contributed by atoms with E-state index in [0.29, 0.717) is 30.9 Å².